The quantitative estimate of drug-likeness (QED) is 0.409. The van der Waals surface area contributed by atoms with Crippen molar-refractivity contribution in [1.29, 1.82) is 0 Å². The largest absolute Gasteiger partial charge is 0.480 e. The van der Waals surface area contributed by atoms with Gasteiger partial charge in [-0.25, -0.2) is 4.79 Å². The van der Waals surface area contributed by atoms with E-state index in [1.165, 1.54) is 0 Å². The fourth-order valence-electron chi connectivity index (χ4n) is 1.17. The van der Waals surface area contributed by atoms with Crippen LogP contribution in [-0.4, -0.2) is 41.5 Å². The number of nitrogens with two attached hydrogens (primary N) is 1. The molecule has 0 spiro atoms. The first-order valence-corrected chi connectivity index (χ1v) is 5.03. The van der Waals surface area contributed by atoms with Crippen molar-refractivity contribution in [3.05, 3.63) is 0 Å². The van der Waals surface area contributed by atoms with Crippen molar-refractivity contribution in [2.24, 2.45) is 5.73 Å². The summed E-state index contributed by atoms with van der Waals surface area (Å²) in [5.41, 5.74) is 4.87. The van der Waals surface area contributed by atoms with Crippen molar-refractivity contribution < 1.29 is 19.5 Å². The van der Waals surface area contributed by atoms with Crippen LogP contribution in [0.2, 0.25) is 0 Å². The molecule has 0 aromatic heterocycles. The third-order valence-electron chi connectivity index (χ3n) is 2.17. The van der Waals surface area contributed by atoms with Gasteiger partial charge in [-0.2, -0.15) is 0 Å². The average molecular weight is 229 g/mol. The summed E-state index contributed by atoms with van der Waals surface area (Å²) in [6, 6.07) is -0.879. The summed E-state index contributed by atoms with van der Waals surface area (Å²) in [7, 11) is 0. The molecule has 0 bridgehead atoms. The standard InChI is InChI=1S/C9H15N3O4/c10-7(13)3-6(9(15)16)12-8(14)4-11-5-1-2-5/h5-6,11H,1-4H2,(H2,10,13)(H,12,14)(H,15,16)/t6-/m0/s1. The van der Waals surface area contributed by atoms with Crippen LogP contribution in [0.25, 0.3) is 0 Å². The van der Waals surface area contributed by atoms with Gasteiger partial charge >= 0.3 is 5.97 Å². The smallest absolute Gasteiger partial charge is 0.326 e. The number of hydrogen-bond acceptors (Lipinski definition) is 4. The van der Waals surface area contributed by atoms with Crippen LogP contribution in [0.15, 0.2) is 0 Å². The van der Waals surface area contributed by atoms with Gasteiger partial charge in [-0.15, -0.1) is 0 Å². The molecule has 90 valence electrons. The van der Waals surface area contributed by atoms with Crippen LogP contribution >= 0.6 is 0 Å². The summed E-state index contributed by atoms with van der Waals surface area (Å²) in [6.45, 7) is 0.0627. The van der Waals surface area contributed by atoms with Gasteiger partial charge in [-0.1, -0.05) is 0 Å². The number of carbonyl (C=O) groups excluding carboxylic acids is 2. The molecule has 0 radical (unpaired) electrons. The minimum absolute atomic E-state index is 0.0627. The number of nitrogens with one attached hydrogen (secondary N) is 2. The molecule has 16 heavy (non-hydrogen) atoms. The molecule has 1 fully saturated rings. The molecule has 0 unspecified atom stereocenters. The highest BCUT2D eigenvalue weighted by atomic mass is 16.4. The lowest BCUT2D eigenvalue weighted by atomic mass is 10.2. The maximum Gasteiger partial charge on any atom is 0.326 e. The van der Waals surface area contributed by atoms with Crippen molar-refractivity contribution in [2.75, 3.05) is 6.54 Å². The maximum absolute atomic E-state index is 11.3. The second kappa shape index (κ2) is 5.45. The first-order valence-electron chi connectivity index (χ1n) is 5.03. The van der Waals surface area contributed by atoms with E-state index >= 15 is 0 Å². The Labute approximate surface area is 92.4 Å². The summed E-state index contributed by atoms with van der Waals surface area (Å²) in [5.74, 6) is -2.47. The van der Waals surface area contributed by atoms with E-state index in [2.05, 4.69) is 10.6 Å². The fraction of sp³-hybridized carbons (Fsp3) is 0.667. The molecule has 0 saturated heterocycles. The van der Waals surface area contributed by atoms with E-state index in [0.29, 0.717) is 6.04 Å². The third kappa shape index (κ3) is 4.74. The first-order chi connectivity index (χ1) is 7.49. The second-order valence-corrected chi connectivity index (χ2v) is 3.78. The van der Waals surface area contributed by atoms with E-state index in [9.17, 15) is 14.4 Å². The van der Waals surface area contributed by atoms with Gasteiger partial charge in [-0.05, 0) is 12.8 Å². The number of hydrogen-bond donors (Lipinski definition) is 4. The molecule has 2 amide bonds. The third-order valence-corrected chi connectivity index (χ3v) is 2.17. The number of primary amides is 1. The van der Waals surface area contributed by atoms with E-state index in [1.54, 1.807) is 0 Å². The predicted molar refractivity (Wildman–Crippen MR) is 54.4 cm³/mol. The van der Waals surface area contributed by atoms with Crippen molar-refractivity contribution in [3.8, 4) is 0 Å². The molecule has 0 aliphatic heterocycles. The second-order valence-electron chi connectivity index (χ2n) is 3.78. The highest BCUT2D eigenvalue weighted by Gasteiger charge is 2.24. The molecular formula is C9H15N3O4. The minimum Gasteiger partial charge on any atom is -0.480 e. The van der Waals surface area contributed by atoms with E-state index in [4.69, 9.17) is 10.8 Å². The van der Waals surface area contributed by atoms with Crippen molar-refractivity contribution in [1.82, 2.24) is 10.6 Å². The summed E-state index contributed by atoms with van der Waals surface area (Å²) < 4.78 is 0. The topological polar surface area (TPSA) is 122 Å². The zero-order chi connectivity index (χ0) is 12.1. The molecule has 1 aliphatic rings. The van der Waals surface area contributed by atoms with E-state index < -0.39 is 30.2 Å². The number of carbonyl (C=O) groups is 3. The minimum atomic E-state index is -1.27. The first kappa shape index (κ1) is 12.4. The lowest BCUT2D eigenvalue weighted by molar-refractivity contribution is -0.143. The van der Waals surface area contributed by atoms with Crippen LogP contribution in [0.1, 0.15) is 19.3 Å². The number of aliphatic carboxylic acids is 1. The Hall–Kier alpha value is -1.63. The summed E-state index contributed by atoms with van der Waals surface area (Å²) >= 11 is 0. The van der Waals surface area contributed by atoms with Gasteiger partial charge in [0.05, 0.1) is 13.0 Å². The maximum atomic E-state index is 11.3. The van der Waals surface area contributed by atoms with Crippen LogP contribution in [0, 0.1) is 0 Å². The SMILES string of the molecule is NC(=O)C[C@H](NC(=O)CNC1CC1)C(=O)O. The van der Waals surface area contributed by atoms with Gasteiger partial charge in [0.2, 0.25) is 11.8 Å². The van der Waals surface area contributed by atoms with Gasteiger partial charge in [0.15, 0.2) is 0 Å². The van der Waals surface area contributed by atoms with Gasteiger partial charge in [-0.3, -0.25) is 9.59 Å². The zero-order valence-corrected chi connectivity index (χ0v) is 8.73. The average Bonchev–Trinajstić information content (AvgIpc) is 2.96. The predicted octanol–water partition coefficient (Wildman–Crippen LogP) is -1.82. The molecule has 5 N–H and O–H groups in total. The zero-order valence-electron chi connectivity index (χ0n) is 8.73. The van der Waals surface area contributed by atoms with Crippen LogP contribution < -0.4 is 16.4 Å². The molecule has 1 atom stereocenters. The monoisotopic (exact) mass is 229 g/mol. The highest BCUT2D eigenvalue weighted by molar-refractivity contribution is 5.88. The van der Waals surface area contributed by atoms with E-state index in [-0.39, 0.29) is 6.54 Å². The van der Waals surface area contributed by atoms with E-state index in [0.717, 1.165) is 12.8 Å². The Kier molecular flexibility index (Phi) is 4.24. The number of rotatable bonds is 7. The van der Waals surface area contributed by atoms with Crippen LogP contribution in [0.4, 0.5) is 0 Å². The van der Waals surface area contributed by atoms with E-state index in [1.807, 2.05) is 0 Å². The number of carboxylic acids is 1. The van der Waals surface area contributed by atoms with Gasteiger partial charge in [0.25, 0.3) is 0 Å². The van der Waals surface area contributed by atoms with Crippen LogP contribution in [0.3, 0.4) is 0 Å². The lowest BCUT2D eigenvalue weighted by Crippen LogP contribution is -2.46. The Morgan fingerprint density at radius 3 is 2.44 bits per heavy atom. The lowest BCUT2D eigenvalue weighted by Gasteiger charge is -2.12. The molecular weight excluding hydrogens is 214 g/mol. The molecule has 1 aliphatic carbocycles. The Morgan fingerprint density at radius 2 is 2.00 bits per heavy atom. The molecule has 1 rings (SSSR count). The summed E-state index contributed by atoms with van der Waals surface area (Å²) in [5, 5.41) is 13.9. The van der Waals surface area contributed by atoms with Crippen molar-refractivity contribution in [3.63, 3.8) is 0 Å². The van der Waals surface area contributed by atoms with Gasteiger partial charge in [0, 0.05) is 6.04 Å². The van der Waals surface area contributed by atoms with Crippen molar-refractivity contribution >= 4 is 17.8 Å². The molecule has 7 heteroatoms. The Bertz CT molecular complexity index is 301. The Balaban J connectivity index is 2.30. The van der Waals surface area contributed by atoms with Crippen LogP contribution in [-0.2, 0) is 14.4 Å². The molecule has 1 saturated carbocycles. The summed E-state index contributed by atoms with van der Waals surface area (Å²) in [4.78, 5) is 32.5. The van der Waals surface area contributed by atoms with Gasteiger partial charge in [0.1, 0.15) is 6.04 Å². The number of amides is 2. The van der Waals surface area contributed by atoms with Crippen molar-refractivity contribution in [2.45, 2.75) is 31.3 Å². The highest BCUT2D eigenvalue weighted by Crippen LogP contribution is 2.17. The summed E-state index contributed by atoms with van der Waals surface area (Å²) in [6.07, 6.45) is 1.68. The number of carboxylic acid groups (broad SMARTS) is 1. The molecule has 0 aromatic rings. The molecule has 7 nitrogen and oxygen atoms in total. The van der Waals surface area contributed by atoms with Crippen LogP contribution in [0.5, 0.6) is 0 Å². The fourth-order valence-corrected chi connectivity index (χ4v) is 1.17. The molecule has 0 heterocycles. The van der Waals surface area contributed by atoms with Gasteiger partial charge < -0.3 is 21.5 Å². The normalized spacial score (nSPS) is 16.5. The molecule has 0 aromatic carbocycles. The Morgan fingerprint density at radius 1 is 1.38 bits per heavy atom.